The minimum Gasteiger partial charge on any atom is -0.496 e. The Balaban J connectivity index is 2.03. The van der Waals surface area contributed by atoms with Crippen LogP contribution in [0.2, 0.25) is 5.02 Å². The number of esters is 1. The van der Waals surface area contributed by atoms with E-state index in [1.807, 2.05) is 0 Å². The lowest BCUT2D eigenvalue weighted by Gasteiger charge is -2.25. The number of aromatic nitrogens is 1. The van der Waals surface area contributed by atoms with Crippen LogP contribution in [-0.2, 0) is 9.53 Å². The Kier molecular flexibility index (Phi) is 6.49. The number of thiazole rings is 1. The van der Waals surface area contributed by atoms with Crippen LogP contribution in [0.3, 0.4) is 0 Å². The third-order valence-corrected chi connectivity index (χ3v) is 7.78. The van der Waals surface area contributed by atoms with Crippen molar-refractivity contribution in [3.63, 3.8) is 0 Å². The molecule has 0 amide bonds. The molecule has 3 aromatic rings. The molecule has 0 spiro atoms. The summed E-state index contributed by atoms with van der Waals surface area (Å²) in [6.45, 7) is 1.70. The van der Waals surface area contributed by atoms with Crippen LogP contribution in [0.25, 0.3) is 6.08 Å². The van der Waals surface area contributed by atoms with Gasteiger partial charge >= 0.3 is 5.97 Å². The Bertz CT molecular complexity index is 1430. The molecule has 2 aromatic heterocycles. The van der Waals surface area contributed by atoms with Crippen molar-refractivity contribution < 1.29 is 18.7 Å². The number of carbonyl (C=O) groups excluding carboxylic acids is 1. The maximum atomic E-state index is 13.5. The highest BCUT2D eigenvalue weighted by molar-refractivity contribution is 9.13. The fourth-order valence-corrected chi connectivity index (χ4v) is 5.28. The zero-order chi connectivity index (χ0) is 23.2. The van der Waals surface area contributed by atoms with E-state index in [2.05, 4.69) is 36.9 Å². The summed E-state index contributed by atoms with van der Waals surface area (Å²) >= 11 is 14.1. The minimum absolute atomic E-state index is 0.232. The van der Waals surface area contributed by atoms with Gasteiger partial charge in [-0.2, -0.15) is 0 Å². The topological polar surface area (TPSA) is 83.0 Å². The molecule has 1 atom stereocenters. The lowest BCUT2D eigenvalue weighted by Crippen LogP contribution is -2.40. The summed E-state index contributed by atoms with van der Waals surface area (Å²) in [5.41, 5.74) is 0.889. The van der Waals surface area contributed by atoms with Gasteiger partial charge in [-0.05, 0) is 63.0 Å². The highest BCUT2D eigenvalue weighted by atomic mass is 79.9. The van der Waals surface area contributed by atoms with Crippen molar-refractivity contribution in [1.82, 2.24) is 4.57 Å². The van der Waals surface area contributed by atoms with Gasteiger partial charge in [0.1, 0.15) is 17.6 Å². The third-order valence-electron chi connectivity index (χ3n) is 4.85. The van der Waals surface area contributed by atoms with E-state index in [9.17, 15) is 9.59 Å². The first kappa shape index (κ1) is 23.0. The van der Waals surface area contributed by atoms with E-state index in [4.69, 9.17) is 25.5 Å². The number of furan rings is 1. The second-order valence-corrected chi connectivity index (χ2v) is 9.75. The quantitative estimate of drug-likeness (QED) is 0.419. The smallest absolute Gasteiger partial charge is 0.338 e. The summed E-state index contributed by atoms with van der Waals surface area (Å²) in [6.07, 6.45) is 1.63. The average Bonchev–Trinajstić information content (AvgIpc) is 3.24. The van der Waals surface area contributed by atoms with Crippen molar-refractivity contribution in [1.29, 1.82) is 0 Å². The first-order chi connectivity index (χ1) is 15.2. The van der Waals surface area contributed by atoms with Crippen LogP contribution in [0.5, 0.6) is 5.75 Å². The van der Waals surface area contributed by atoms with E-state index in [1.165, 1.54) is 30.1 Å². The van der Waals surface area contributed by atoms with E-state index in [0.717, 1.165) is 4.47 Å². The zero-order valence-corrected chi connectivity index (χ0v) is 21.7. The van der Waals surface area contributed by atoms with E-state index in [0.29, 0.717) is 41.8 Å². The molecular weight excluding hydrogens is 588 g/mol. The molecule has 7 nitrogen and oxygen atoms in total. The predicted molar refractivity (Wildman–Crippen MR) is 128 cm³/mol. The van der Waals surface area contributed by atoms with Gasteiger partial charge in [0.25, 0.3) is 5.56 Å². The fourth-order valence-electron chi connectivity index (χ4n) is 3.47. The van der Waals surface area contributed by atoms with Crippen LogP contribution in [0.1, 0.15) is 24.3 Å². The molecule has 1 aliphatic heterocycles. The monoisotopic (exact) mass is 600 g/mol. The average molecular weight is 603 g/mol. The first-order valence-electron chi connectivity index (χ1n) is 9.14. The Labute approximate surface area is 207 Å². The maximum Gasteiger partial charge on any atom is 0.338 e. The van der Waals surface area contributed by atoms with Crippen LogP contribution in [0.15, 0.2) is 58.9 Å². The molecule has 0 bridgehead atoms. The molecule has 0 unspecified atom stereocenters. The van der Waals surface area contributed by atoms with Gasteiger partial charge in [0.2, 0.25) is 0 Å². The number of halogens is 3. The Morgan fingerprint density at radius 3 is 2.69 bits per heavy atom. The van der Waals surface area contributed by atoms with E-state index in [-0.39, 0.29) is 11.1 Å². The molecule has 0 saturated heterocycles. The largest absolute Gasteiger partial charge is 0.496 e. The lowest BCUT2D eigenvalue weighted by atomic mass is 9.95. The number of nitrogens with zero attached hydrogens (tertiary/aromatic N) is 2. The summed E-state index contributed by atoms with van der Waals surface area (Å²) < 4.78 is 19.2. The Hall–Kier alpha value is -2.14. The molecule has 0 fully saturated rings. The number of methoxy groups -OCH3 is 2. The van der Waals surface area contributed by atoms with Gasteiger partial charge in [-0.3, -0.25) is 9.36 Å². The van der Waals surface area contributed by atoms with Gasteiger partial charge < -0.3 is 13.9 Å². The van der Waals surface area contributed by atoms with Gasteiger partial charge in [-0.15, -0.1) is 0 Å². The number of rotatable bonds is 4. The highest BCUT2D eigenvalue weighted by Gasteiger charge is 2.35. The van der Waals surface area contributed by atoms with Crippen molar-refractivity contribution >= 4 is 66.8 Å². The maximum absolute atomic E-state index is 13.5. The number of benzene rings is 1. The van der Waals surface area contributed by atoms with E-state index < -0.39 is 12.0 Å². The molecule has 0 aliphatic carbocycles. The molecule has 1 aromatic carbocycles. The minimum atomic E-state index is -0.829. The number of allylic oxidation sites excluding steroid dienone is 1. The molecule has 166 valence electrons. The van der Waals surface area contributed by atoms with Gasteiger partial charge in [-0.25, -0.2) is 9.79 Å². The van der Waals surface area contributed by atoms with Crippen molar-refractivity contribution in [3.05, 3.63) is 80.7 Å². The normalized spacial score (nSPS) is 16.1. The van der Waals surface area contributed by atoms with Crippen LogP contribution >= 0.6 is 54.8 Å². The van der Waals surface area contributed by atoms with Gasteiger partial charge in [0.05, 0.1) is 34.5 Å². The number of hydrogen-bond acceptors (Lipinski definition) is 7. The van der Waals surface area contributed by atoms with Crippen LogP contribution in [0.4, 0.5) is 0 Å². The van der Waals surface area contributed by atoms with Crippen LogP contribution < -0.4 is 19.6 Å². The first-order valence-corrected chi connectivity index (χ1v) is 11.9. The zero-order valence-electron chi connectivity index (χ0n) is 16.9. The van der Waals surface area contributed by atoms with E-state index >= 15 is 0 Å². The molecule has 11 heteroatoms. The summed E-state index contributed by atoms with van der Waals surface area (Å²) in [7, 11) is 2.80. The number of carbonyl (C=O) groups is 1. The fraction of sp³-hybridized carbons (Fsp3) is 0.190. The number of hydrogen-bond donors (Lipinski definition) is 0. The number of ether oxygens (including phenoxy) is 2. The van der Waals surface area contributed by atoms with Crippen molar-refractivity contribution in [2.75, 3.05) is 14.2 Å². The summed E-state index contributed by atoms with van der Waals surface area (Å²) in [6, 6.07) is 5.95. The molecule has 3 heterocycles. The third kappa shape index (κ3) is 4.00. The molecule has 32 heavy (non-hydrogen) atoms. The van der Waals surface area contributed by atoms with Crippen molar-refractivity contribution in [2.45, 2.75) is 13.0 Å². The van der Waals surface area contributed by atoms with Crippen LogP contribution in [-0.4, -0.2) is 24.8 Å². The Morgan fingerprint density at radius 1 is 1.31 bits per heavy atom. The molecular formula is C21H15Br2ClN2O5S. The highest BCUT2D eigenvalue weighted by Crippen LogP contribution is 2.37. The van der Waals surface area contributed by atoms with Gasteiger partial charge in [0, 0.05) is 16.7 Å². The SMILES string of the molecule is COC(=O)C1=C(C)N=c2s/c(=C\c3cc(Br)c(Br)o3)c(=O)n2[C@H]1c1cc(Cl)ccc1OC. The van der Waals surface area contributed by atoms with Crippen molar-refractivity contribution in [3.8, 4) is 5.75 Å². The van der Waals surface area contributed by atoms with Crippen LogP contribution in [0, 0.1) is 0 Å². The second kappa shape index (κ2) is 9.01. The summed E-state index contributed by atoms with van der Waals surface area (Å²) in [5, 5.41) is 0.437. The number of fused-ring (bicyclic) bond motifs is 1. The van der Waals surface area contributed by atoms with Crippen molar-refractivity contribution in [2.24, 2.45) is 4.99 Å². The second-order valence-electron chi connectivity index (χ2n) is 6.73. The predicted octanol–water partition coefficient (Wildman–Crippen LogP) is 4.19. The van der Waals surface area contributed by atoms with Gasteiger partial charge in [-0.1, -0.05) is 22.9 Å². The standard InChI is InChI=1S/C21H15Br2ClN2O5S/c1-9-16(20(28)30-3)17(12-6-10(24)4-5-14(12)29-2)26-19(27)15(32-21(26)25-9)8-11-7-13(22)18(23)31-11/h4-8,17H,1-3H3/b15-8-/t17-/m0/s1. The molecule has 1 aliphatic rings. The Morgan fingerprint density at radius 2 is 2.06 bits per heavy atom. The molecule has 0 N–H and O–H groups in total. The molecule has 4 rings (SSSR count). The molecule has 0 radical (unpaired) electrons. The van der Waals surface area contributed by atoms with Gasteiger partial charge in [0.15, 0.2) is 9.47 Å². The molecule has 0 saturated carbocycles. The lowest BCUT2D eigenvalue weighted by molar-refractivity contribution is -0.136. The summed E-state index contributed by atoms with van der Waals surface area (Å²) in [4.78, 5) is 31.2. The van der Waals surface area contributed by atoms with E-state index in [1.54, 1.807) is 37.3 Å². The summed E-state index contributed by atoms with van der Waals surface area (Å²) in [5.74, 6) is 0.366.